The highest BCUT2D eigenvalue weighted by molar-refractivity contribution is 6.06. The Morgan fingerprint density at radius 3 is 2.37 bits per heavy atom. The maximum atomic E-state index is 13.8. The molecule has 1 fully saturated rings. The summed E-state index contributed by atoms with van der Waals surface area (Å²) in [5, 5.41) is 1.02. The summed E-state index contributed by atoms with van der Waals surface area (Å²) in [4.78, 5) is 52.8. The number of imidazole rings is 1. The Balaban J connectivity index is 1.36. The molecule has 0 atom stereocenters. The predicted molar refractivity (Wildman–Crippen MR) is 179 cm³/mol. The molecular formula is C35H45N7O4. The van der Waals surface area contributed by atoms with Gasteiger partial charge in [-0.05, 0) is 30.0 Å². The smallest absolute Gasteiger partial charge is 0.309 e. The lowest BCUT2D eigenvalue weighted by molar-refractivity contribution is -0.140. The number of hydrogen-bond acceptors (Lipinski definition) is 8. The molecule has 0 saturated carbocycles. The second-order valence-electron chi connectivity index (χ2n) is 12.0. The number of nitrogens with zero attached hydrogens (tertiary/aromatic N) is 6. The van der Waals surface area contributed by atoms with Crippen LogP contribution < -0.4 is 5.73 Å². The zero-order valence-electron chi connectivity index (χ0n) is 27.2. The minimum absolute atomic E-state index is 0.0514. The number of piperazine rings is 1. The molecule has 2 aromatic heterocycles. The molecule has 1 aliphatic heterocycles. The molecule has 46 heavy (non-hydrogen) atoms. The van der Waals surface area contributed by atoms with E-state index < -0.39 is 0 Å². The molecule has 2 N–H and O–H groups in total. The number of hydrogen-bond donors (Lipinski definition) is 1. The van der Waals surface area contributed by atoms with Gasteiger partial charge in [0.05, 0.1) is 31.1 Å². The van der Waals surface area contributed by atoms with Gasteiger partial charge in [-0.3, -0.25) is 19.3 Å². The third-order valence-electron chi connectivity index (χ3n) is 8.75. The molecule has 0 unspecified atom stereocenters. The van der Waals surface area contributed by atoms with Crippen LogP contribution in [-0.4, -0.2) is 93.4 Å². The topological polar surface area (TPSA) is 127 Å². The van der Waals surface area contributed by atoms with E-state index in [9.17, 15) is 14.4 Å². The molecule has 1 aliphatic rings. The van der Waals surface area contributed by atoms with Crippen molar-refractivity contribution in [3.8, 4) is 0 Å². The number of rotatable bonds is 13. The second-order valence-corrected chi connectivity index (χ2v) is 12.0. The van der Waals surface area contributed by atoms with Gasteiger partial charge >= 0.3 is 5.97 Å². The first-order valence-electron chi connectivity index (χ1n) is 16.2. The molecule has 0 aliphatic carbocycles. The number of pyridine rings is 1. The van der Waals surface area contributed by atoms with Crippen LogP contribution in [0.4, 0.5) is 5.82 Å². The lowest BCUT2D eigenvalue weighted by Crippen LogP contribution is -2.51. The first kappa shape index (κ1) is 32.9. The quantitative estimate of drug-likeness (QED) is 0.222. The van der Waals surface area contributed by atoms with Crippen molar-refractivity contribution in [1.29, 1.82) is 0 Å². The van der Waals surface area contributed by atoms with Crippen LogP contribution in [-0.2, 0) is 45.1 Å². The highest BCUT2D eigenvalue weighted by Crippen LogP contribution is 2.29. The molecule has 244 valence electrons. The van der Waals surface area contributed by atoms with Gasteiger partial charge < -0.3 is 24.8 Å². The number of amides is 2. The number of fused-ring (bicyclic) bond motifs is 3. The van der Waals surface area contributed by atoms with Crippen LogP contribution in [0.25, 0.3) is 21.9 Å². The standard InChI is InChI=1S/C35H45N7O4/c1-4-5-11-30-38-33-34(28-9-6-7-10-29(28)37-35(33)36)42(30)17-8-16-41(23-27-14-12-26(13-15-27)22-32(45)46-3)31(44)24-39-18-20-40(21-19-39)25(2)43/h6-7,9-10,12-15H,4-5,8,11,16-24H2,1-3H3,(H2,36,37). The number of esters is 1. The molecular weight excluding hydrogens is 582 g/mol. The minimum Gasteiger partial charge on any atom is -0.469 e. The molecule has 2 amide bonds. The Morgan fingerprint density at radius 2 is 1.67 bits per heavy atom. The van der Waals surface area contributed by atoms with E-state index in [1.165, 1.54) is 7.11 Å². The van der Waals surface area contributed by atoms with Crippen molar-refractivity contribution in [2.24, 2.45) is 0 Å². The summed E-state index contributed by atoms with van der Waals surface area (Å²) in [6.45, 7) is 8.36. The average molecular weight is 628 g/mol. The number of aromatic nitrogens is 3. The molecule has 1 saturated heterocycles. The fourth-order valence-corrected chi connectivity index (χ4v) is 6.12. The van der Waals surface area contributed by atoms with E-state index in [1.807, 2.05) is 52.3 Å². The van der Waals surface area contributed by atoms with E-state index in [0.29, 0.717) is 58.2 Å². The van der Waals surface area contributed by atoms with Gasteiger partial charge in [-0.1, -0.05) is 55.8 Å². The van der Waals surface area contributed by atoms with Crippen LogP contribution in [0.3, 0.4) is 0 Å². The number of nitrogens with two attached hydrogens (primary N) is 1. The number of carbonyl (C=O) groups excluding carboxylic acids is 3. The monoisotopic (exact) mass is 627 g/mol. The average Bonchev–Trinajstić information content (AvgIpc) is 3.43. The van der Waals surface area contributed by atoms with Gasteiger partial charge in [-0.2, -0.15) is 0 Å². The van der Waals surface area contributed by atoms with E-state index in [-0.39, 0.29) is 24.2 Å². The number of carbonyl (C=O) groups is 3. The van der Waals surface area contributed by atoms with Crippen molar-refractivity contribution in [2.45, 2.75) is 59.0 Å². The number of benzene rings is 2. The third kappa shape index (κ3) is 7.82. The van der Waals surface area contributed by atoms with Crippen molar-refractivity contribution in [1.82, 2.24) is 29.2 Å². The fraction of sp³-hybridized carbons (Fsp3) is 0.457. The van der Waals surface area contributed by atoms with Crippen LogP contribution in [0, 0.1) is 0 Å². The van der Waals surface area contributed by atoms with Gasteiger partial charge in [0.25, 0.3) is 0 Å². The first-order valence-corrected chi connectivity index (χ1v) is 16.2. The molecule has 11 nitrogen and oxygen atoms in total. The van der Waals surface area contributed by atoms with Crippen LogP contribution in [0.15, 0.2) is 48.5 Å². The molecule has 5 rings (SSSR count). The molecule has 0 radical (unpaired) electrons. The number of ether oxygens (including phenoxy) is 1. The SMILES string of the molecule is CCCCc1nc2c(N)nc3ccccc3c2n1CCCN(Cc1ccc(CC(=O)OC)cc1)C(=O)CN1CCN(C(C)=O)CC1. The molecule has 3 heterocycles. The first-order chi connectivity index (χ1) is 22.3. The Morgan fingerprint density at radius 1 is 0.957 bits per heavy atom. The van der Waals surface area contributed by atoms with E-state index in [0.717, 1.165) is 64.6 Å². The Labute approximate surface area is 270 Å². The maximum Gasteiger partial charge on any atom is 0.309 e. The lowest BCUT2D eigenvalue weighted by atomic mass is 10.1. The number of unbranched alkanes of at least 4 members (excludes halogenated alkanes) is 1. The summed E-state index contributed by atoms with van der Waals surface area (Å²) >= 11 is 0. The highest BCUT2D eigenvalue weighted by atomic mass is 16.5. The summed E-state index contributed by atoms with van der Waals surface area (Å²) in [5.41, 5.74) is 10.8. The normalized spacial score (nSPS) is 13.8. The summed E-state index contributed by atoms with van der Waals surface area (Å²) in [6.07, 6.45) is 3.85. The van der Waals surface area contributed by atoms with Gasteiger partial charge in [-0.15, -0.1) is 0 Å². The van der Waals surface area contributed by atoms with Crippen LogP contribution in [0.5, 0.6) is 0 Å². The van der Waals surface area contributed by atoms with Gasteiger partial charge in [0.2, 0.25) is 11.8 Å². The molecule has 2 aromatic carbocycles. The largest absolute Gasteiger partial charge is 0.469 e. The number of anilines is 1. The molecule has 4 aromatic rings. The summed E-state index contributed by atoms with van der Waals surface area (Å²) in [6, 6.07) is 15.8. The Kier molecular flexibility index (Phi) is 10.8. The number of nitrogen functional groups attached to an aromatic ring is 1. The Bertz CT molecular complexity index is 1680. The molecule has 11 heteroatoms. The van der Waals surface area contributed by atoms with Crippen molar-refractivity contribution in [3.05, 3.63) is 65.5 Å². The highest BCUT2D eigenvalue weighted by Gasteiger charge is 2.24. The molecule has 0 spiro atoms. The minimum atomic E-state index is -0.287. The second kappa shape index (κ2) is 15.2. The van der Waals surface area contributed by atoms with Gasteiger partial charge in [0.15, 0.2) is 5.82 Å². The van der Waals surface area contributed by atoms with E-state index >= 15 is 0 Å². The van der Waals surface area contributed by atoms with Crippen molar-refractivity contribution >= 4 is 45.5 Å². The molecule has 0 bridgehead atoms. The van der Waals surface area contributed by atoms with Gasteiger partial charge in [0.1, 0.15) is 11.3 Å². The van der Waals surface area contributed by atoms with E-state index in [1.54, 1.807) is 6.92 Å². The zero-order valence-corrected chi connectivity index (χ0v) is 27.2. The lowest BCUT2D eigenvalue weighted by Gasteiger charge is -2.35. The predicted octanol–water partition coefficient (Wildman–Crippen LogP) is 3.81. The van der Waals surface area contributed by atoms with E-state index in [2.05, 4.69) is 27.4 Å². The number of aryl methyl sites for hydroxylation is 2. The van der Waals surface area contributed by atoms with Crippen molar-refractivity contribution in [3.63, 3.8) is 0 Å². The number of para-hydroxylation sites is 1. The maximum absolute atomic E-state index is 13.8. The third-order valence-corrected chi connectivity index (χ3v) is 8.75. The number of methoxy groups -OCH3 is 1. The van der Waals surface area contributed by atoms with E-state index in [4.69, 9.17) is 15.5 Å². The van der Waals surface area contributed by atoms with Gasteiger partial charge in [0, 0.05) is 64.5 Å². The van der Waals surface area contributed by atoms with Crippen molar-refractivity contribution in [2.75, 3.05) is 52.1 Å². The zero-order chi connectivity index (χ0) is 32.6. The summed E-state index contributed by atoms with van der Waals surface area (Å²) in [5.74, 6) is 1.26. The Hall–Kier alpha value is -4.51. The fourth-order valence-electron chi connectivity index (χ4n) is 6.12. The van der Waals surface area contributed by atoms with Crippen LogP contribution in [0.2, 0.25) is 0 Å². The van der Waals surface area contributed by atoms with Crippen LogP contribution >= 0.6 is 0 Å². The summed E-state index contributed by atoms with van der Waals surface area (Å²) < 4.78 is 7.07. The van der Waals surface area contributed by atoms with Gasteiger partial charge in [-0.25, -0.2) is 9.97 Å². The summed E-state index contributed by atoms with van der Waals surface area (Å²) in [7, 11) is 1.38. The van der Waals surface area contributed by atoms with Crippen LogP contribution in [0.1, 0.15) is 50.1 Å². The van der Waals surface area contributed by atoms with Crippen molar-refractivity contribution < 1.29 is 19.1 Å².